The maximum absolute atomic E-state index is 12.8. The van der Waals surface area contributed by atoms with Crippen molar-refractivity contribution in [2.24, 2.45) is 0 Å². The summed E-state index contributed by atoms with van der Waals surface area (Å²) in [6, 6.07) is 28.2. The number of halogens is 2. The van der Waals surface area contributed by atoms with E-state index in [2.05, 4.69) is 37.2 Å². The second-order valence-corrected chi connectivity index (χ2v) is 10.2. The summed E-state index contributed by atoms with van der Waals surface area (Å²) < 4.78 is 12.8. The van der Waals surface area contributed by atoms with Crippen molar-refractivity contribution in [1.29, 1.82) is 5.26 Å². The van der Waals surface area contributed by atoms with Gasteiger partial charge in [-0.3, -0.25) is 14.9 Å². The lowest BCUT2D eigenvalue weighted by Crippen LogP contribution is -2.13. The molecule has 0 radical (unpaired) electrons. The second-order valence-electron chi connectivity index (χ2n) is 8.45. The number of ether oxygens (including phenoxy) is 2. The molecule has 0 aliphatic rings. The third-order valence-corrected chi connectivity index (χ3v) is 6.77. The first-order valence-electron chi connectivity index (χ1n) is 11.9. The average molecular weight is 663 g/mol. The van der Waals surface area contributed by atoms with Gasteiger partial charge < -0.3 is 14.8 Å². The summed E-state index contributed by atoms with van der Waals surface area (Å²) in [5.41, 5.74) is 2.85. The SMILES string of the molecule is N#C/C(=C\c1cc(Br)c(OCc2ccc([N+](=O)[O-])cc2)c(Br)c1)C(=O)Nc1ccc(OCc2ccccc2)cc1. The number of nitrogens with zero attached hydrogens (tertiary/aromatic N) is 2. The highest BCUT2D eigenvalue weighted by molar-refractivity contribution is 9.11. The predicted octanol–water partition coefficient (Wildman–Crippen LogP) is 7.82. The molecule has 0 saturated carbocycles. The molecule has 0 atom stereocenters. The number of rotatable bonds is 10. The van der Waals surface area contributed by atoms with E-state index in [1.807, 2.05) is 36.4 Å². The summed E-state index contributed by atoms with van der Waals surface area (Å²) in [6.07, 6.45) is 1.47. The maximum Gasteiger partial charge on any atom is 0.269 e. The van der Waals surface area contributed by atoms with E-state index in [-0.39, 0.29) is 17.9 Å². The van der Waals surface area contributed by atoms with Crippen molar-refractivity contribution < 1.29 is 19.2 Å². The first-order valence-corrected chi connectivity index (χ1v) is 13.5. The molecule has 0 heterocycles. The molecular weight excluding hydrogens is 642 g/mol. The van der Waals surface area contributed by atoms with Crippen LogP contribution < -0.4 is 14.8 Å². The number of nitro benzene ring substituents is 1. The summed E-state index contributed by atoms with van der Waals surface area (Å²) in [5.74, 6) is 0.614. The lowest BCUT2D eigenvalue weighted by Gasteiger charge is -2.12. The zero-order valence-electron chi connectivity index (χ0n) is 20.8. The van der Waals surface area contributed by atoms with Crippen molar-refractivity contribution in [3.05, 3.63) is 132 Å². The Morgan fingerprint density at radius 1 is 0.900 bits per heavy atom. The summed E-state index contributed by atoms with van der Waals surface area (Å²) in [5, 5.41) is 23.2. The molecule has 1 N–H and O–H groups in total. The molecule has 8 nitrogen and oxygen atoms in total. The van der Waals surface area contributed by atoms with Crippen LogP contribution in [0.1, 0.15) is 16.7 Å². The summed E-state index contributed by atoms with van der Waals surface area (Å²) in [6.45, 7) is 0.617. The van der Waals surface area contributed by atoms with E-state index in [9.17, 15) is 20.2 Å². The number of nitriles is 1. The molecule has 10 heteroatoms. The molecule has 40 heavy (non-hydrogen) atoms. The van der Waals surface area contributed by atoms with Gasteiger partial charge in [0.2, 0.25) is 0 Å². The molecule has 0 spiro atoms. The number of nitro groups is 1. The maximum atomic E-state index is 12.8. The van der Waals surface area contributed by atoms with Gasteiger partial charge in [0.05, 0.1) is 13.9 Å². The van der Waals surface area contributed by atoms with E-state index < -0.39 is 10.8 Å². The first kappa shape index (κ1) is 28.5. The minimum Gasteiger partial charge on any atom is -0.489 e. The number of hydrogen-bond donors (Lipinski definition) is 1. The fraction of sp³-hybridized carbons (Fsp3) is 0.0667. The van der Waals surface area contributed by atoms with Crippen molar-refractivity contribution in [1.82, 2.24) is 0 Å². The molecule has 0 aliphatic heterocycles. The van der Waals surface area contributed by atoms with Gasteiger partial charge in [-0.25, -0.2) is 0 Å². The molecule has 0 unspecified atom stereocenters. The van der Waals surface area contributed by atoms with Crippen molar-refractivity contribution in [2.75, 3.05) is 5.32 Å². The zero-order chi connectivity index (χ0) is 28.5. The van der Waals surface area contributed by atoms with Gasteiger partial charge >= 0.3 is 0 Å². The summed E-state index contributed by atoms with van der Waals surface area (Å²) in [4.78, 5) is 23.2. The van der Waals surface area contributed by atoms with Crippen molar-refractivity contribution in [3.63, 3.8) is 0 Å². The molecule has 0 fully saturated rings. The molecule has 200 valence electrons. The molecule has 4 aromatic rings. The summed E-state index contributed by atoms with van der Waals surface area (Å²) in [7, 11) is 0. The minimum absolute atomic E-state index is 0.00412. The molecule has 0 aliphatic carbocycles. The highest BCUT2D eigenvalue weighted by Gasteiger charge is 2.13. The Morgan fingerprint density at radius 2 is 1.50 bits per heavy atom. The van der Waals surface area contributed by atoms with Crippen LogP contribution in [0.4, 0.5) is 11.4 Å². The van der Waals surface area contributed by atoms with E-state index in [0.29, 0.717) is 38.3 Å². The normalized spacial score (nSPS) is 10.9. The number of nitrogens with one attached hydrogen (secondary N) is 1. The average Bonchev–Trinajstić information content (AvgIpc) is 2.96. The van der Waals surface area contributed by atoms with E-state index in [1.165, 1.54) is 18.2 Å². The third-order valence-electron chi connectivity index (χ3n) is 5.59. The molecule has 4 rings (SSSR count). The predicted molar refractivity (Wildman–Crippen MR) is 159 cm³/mol. The highest BCUT2D eigenvalue weighted by Crippen LogP contribution is 2.36. The standard InChI is InChI=1S/C30H21Br2N3O5/c31-27-15-22(16-28(32)29(27)40-19-21-6-10-25(11-7-21)35(37)38)14-23(17-33)30(36)34-24-8-12-26(13-9-24)39-18-20-4-2-1-3-5-20/h1-16H,18-19H2,(H,34,36)/b23-14+. The highest BCUT2D eigenvalue weighted by atomic mass is 79.9. The third kappa shape index (κ3) is 7.79. The number of amides is 1. The number of hydrogen-bond acceptors (Lipinski definition) is 6. The molecule has 0 bridgehead atoms. The van der Waals surface area contributed by atoms with Crippen LogP contribution in [0.5, 0.6) is 11.5 Å². The van der Waals surface area contributed by atoms with Crippen LogP contribution in [0.2, 0.25) is 0 Å². The second kappa shape index (κ2) is 13.6. The van der Waals surface area contributed by atoms with E-state index in [0.717, 1.165) is 11.1 Å². The van der Waals surface area contributed by atoms with Crippen LogP contribution in [0.25, 0.3) is 6.08 Å². The van der Waals surface area contributed by atoms with Gasteiger partial charge in [0.1, 0.15) is 36.4 Å². The topological polar surface area (TPSA) is 114 Å². The Kier molecular flexibility index (Phi) is 9.67. The van der Waals surface area contributed by atoms with Crippen LogP contribution in [0, 0.1) is 21.4 Å². The van der Waals surface area contributed by atoms with Crippen LogP contribution >= 0.6 is 31.9 Å². The Bertz CT molecular complexity index is 1560. The van der Waals surface area contributed by atoms with E-state index in [1.54, 1.807) is 48.5 Å². The molecule has 0 aromatic heterocycles. The largest absolute Gasteiger partial charge is 0.489 e. The Balaban J connectivity index is 1.38. The number of carbonyl (C=O) groups is 1. The van der Waals surface area contributed by atoms with Gasteiger partial charge in [0.15, 0.2) is 0 Å². The molecule has 4 aromatic carbocycles. The van der Waals surface area contributed by atoms with Gasteiger partial charge in [0.25, 0.3) is 11.6 Å². The Morgan fingerprint density at radius 3 is 2.10 bits per heavy atom. The number of benzene rings is 4. The van der Waals surface area contributed by atoms with Gasteiger partial charge in [-0.2, -0.15) is 5.26 Å². The van der Waals surface area contributed by atoms with Crippen LogP contribution in [-0.2, 0) is 18.0 Å². The smallest absolute Gasteiger partial charge is 0.269 e. The molecular formula is C30H21Br2N3O5. The minimum atomic E-state index is -0.550. The lowest BCUT2D eigenvalue weighted by atomic mass is 10.1. The van der Waals surface area contributed by atoms with Crippen LogP contribution in [0.15, 0.2) is 106 Å². The Hall–Kier alpha value is -4.46. The molecule has 0 saturated heterocycles. The molecule has 1 amide bonds. The fourth-order valence-electron chi connectivity index (χ4n) is 3.56. The zero-order valence-corrected chi connectivity index (χ0v) is 24.0. The monoisotopic (exact) mass is 661 g/mol. The first-order chi connectivity index (χ1) is 19.3. The van der Waals surface area contributed by atoms with Crippen LogP contribution in [-0.4, -0.2) is 10.8 Å². The lowest BCUT2D eigenvalue weighted by molar-refractivity contribution is -0.384. The van der Waals surface area contributed by atoms with E-state index in [4.69, 9.17) is 9.47 Å². The Labute approximate surface area is 247 Å². The van der Waals surface area contributed by atoms with E-state index >= 15 is 0 Å². The van der Waals surface area contributed by atoms with Crippen LogP contribution in [0.3, 0.4) is 0 Å². The van der Waals surface area contributed by atoms with Crippen molar-refractivity contribution in [3.8, 4) is 17.6 Å². The number of anilines is 1. The quantitative estimate of drug-likeness (QED) is 0.0801. The number of non-ortho nitro benzene ring substituents is 1. The van der Waals surface area contributed by atoms with Crippen molar-refractivity contribution in [2.45, 2.75) is 13.2 Å². The fourth-order valence-corrected chi connectivity index (χ4v) is 5.01. The van der Waals surface area contributed by atoms with Gasteiger partial charge in [-0.15, -0.1) is 0 Å². The number of carbonyl (C=O) groups excluding carboxylic acids is 1. The van der Waals surface area contributed by atoms with Gasteiger partial charge in [0, 0.05) is 17.8 Å². The van der Waals surface area contributed by atoms with Gasteiger partial charge in [-0.1, -0.05) is 30.3 Å². The summed E-state index contributed by atoms with van der Waals surface area (Å²) >= 11 is 6.94. The van der Waals surface area contributed by atoms with Gasteiger partial charge in [-0.05, 0) is 103 Å². The van der Waals surface area contributed by atoms with Crippen molar-refractivity contribution >= 4 is 55.2 Å².